The Balaban J connectivity index is 2.78. The number of nitrogens with two attached hydrogens (primary N) is 1. The molecule has 12 heavy (non-hydrogen) atoms. The summed E-state index contributed by atoms with van der Waals surface area (Å²) in [5.41, 5.74) is 7.96. The molecule has 0 saturated heterocycles. The number of nitrogen functional groups attached to an aromatic ring is 1. The van der Waals surface area contributed by atoms with E-state index in [4.69, 9.17) is 5.73 Å². The third-order valence-corrected chi connectivity index (χ3v) is 2.98. The molecule has 0 aliphatic rings. The number of benzene rings is 1. The normalized spacial score (nSPS) is 10.2. The Bertz CT molecular complexity index is 261. The predicted octanol–water partition coefficient (Wildman–Crippen LogP) is 3.36. The van der Waals surface area contributed by atoms with Crippen LogP contribution in [-0.4, -0.2) is 5.33 Å². The Hall–Kier alpha value is -0.0200. The molecule has 2 N–H and O–H groups in total. The zero-order valence-corrected chi connectivity index (χ0v) is 9.86. The third kappa shape index (κ3) is 2.49. The van der Waals surface area contributed by atoms with Crippen LogP contribution in [0.3, 0.4) is 0 Å². The van der Waals surface area contributed by atoms with Crippen molar-refractivity contribution in [2.24, 2.45) is 0 Å². The van der Waals surface area contributed by atoms with Gasteiger partial charge < -0.3 is 5.73 Å². The van der Waals surface area contributed by atoms with Gasteiger partial charge in [-0.25, -0.2) is 0 Å². The summed E-state index contributed by atoms with van der Waals surface area (Å²) in [6, 6.07) is 6.06. The van der Waals surface area contributed by atoms with Crippen molar-refractivity contribution in [2.45, 2.75) is 12.8 Å². The second kappa shape index (κ2) is 4.87. The molecule has 0 unspecified atom stereocenters. The first-order chi connectivity index (χ1) is 5.75. The van der Waals surface area contributed by atoms with Crippen LogP contribution in [-0.2, 0) is 6.42 Å². The topological polar surface area (TPSA) is 26.0 Å². The summed E-state index contributed by atoms with van der Waals surface area (Å²) in [4.78, 5) is 0. The lowest BCUT2D eigenvalue weighted by Crippen LogP contribution is -1.95. The van der Waals surface area contributed by atoms with Gasteiger partial charge in [0, 0.05) is 15.5 Å². The maximum absolute atomic E-state index is 5.86. The second-order valence-corrected chi connectivity index (χ2v) is 4.25. The van der Waals surface area contributed by atoms with Crippen molar-refractivity contribution >= 4 is 37.5 Å². The van der Waals surface area contributed by atoms with Crippen molar-refractivity contribution < 1.29 is 0 Å². The Morgan fingerprint density at radius 3 is 2.75 bits per heavy atom. The van der Waals surface area contributed by atoms with Gasteiger partial charge in [0.1, 0.15) is 0 Å². The molecule has 0 aliphatic heterocycles. The van der Waals surface area contributed by atoms with Crippen LogP contribution in [0.4, 0.5) is 5.69 Å². The van der Waals surface area contributed by atoms with Crippen LogP contribution in [0.2, 0.25) is 0 Å². The molecule has 66 valence electrons. The molecule has 0 radical (unpaired) electrons. The lowest BCUT2D eigenvalue weighted by molar-refractivity contribution is 0.941. The molecule has 0 aromatic heterocycles. The predicted molar refractivity (Wildman–Crippen MR) is 60.7 cm³/mol. The average molecular weight is 293 g/mol. The fraction of sp³-hybridized carbons (Fsp3) is 0.333. The Morgan fingerprint density at radius 1 is 1.33 bits per heavy atom. The molecule has 0 atom stereocenters. The minimum Gasteiger partial charge on any atom is -0.398 e. The highest BCUT2D eigenvalue weighted by Gasteiger charge is 2.00. The number of rotatable bonds is 3. The van der Waals surface area contributed by atoms with E-state index in [0.717, 1.165) is 28.3 Å². The van der Waals surface area contributed by atoms with Crippen molar-refractivity contribution in [3.05, 3.63) is 28.2 Å². The highest BCUT2D eigenvalue weighted by atomic mass is 79.9. The van der Waals surface area contributed by atoms with E-state index >= 15 is 0 Å². The number of anilines is 1. The first kappa shape index (κ1) is 10.1. The van der Waals surface area contributed by atoms with Crippen molar-refractivity contribution in [1.29, 1.82) is 0 Å². The van der Waals surface area contributed by atoms with Gasteiger partial charge in [0.05, 0.1) is 0 Å². The van der Waals surface area contributed by atoms with Crippen molar-refractivity contribution in [1.82, 2.24) is 0 Å². The number of hydrogen-bond acceptors (Lipinski definition) is 1. The lowest BCUT2D eigenvalue weighted by atomic mass is 10.1. The molecular weight excluding hydrogens is 282 g/mol. The smallest absolute Gasteiger partial charge is 0.0491 e. The fourth-order valence-electron chi connectivity index (χ4n) is 1.06. The van der Waals surface area contributed by atoms with E-state index < -0.39 is 0 Å². The largest absolute Gasteiger partial charge is 0.398 e. The molecular formula is C9H11Br2N. The van der Waals surface area contributed by atoms with Crippen molar-refractivity contribution in [2.75, 3.05) is 11.1 Å². The number of para-hydroxylation sites is 1. The fourth-order valence-corrected chi connectivity index (χ4v) is 1.74. The van der Waals surface area contributed by atoms with Gasteiger partial charge in [-0.15, -0.1) is 0 Å². The Labute approximate surface area is 89.6 Å². The summed E-state index contributed by atoms with van der Waals surface area (Å²) in [5, 5.41) is 1.03. The summed E-state index contributed by atoms with van der Waals surface area (Å²) in [6.45, 7) is 0. The van der Waals surface area contributed by atoms with Gasteiger partial charge in [-0.05, 0) is 40.4 Å². The number of aryl methyl sites for hydroxylation is 1. The van der Waals surface area contributed by atoms with Gasteiger partial charge in [0.15, 0.2) is 0 Å². The van der Waals surface area contributed by atoms with E-state index in [2.05, 4.69) is 37.9 Å². The van der Waals surface area contributed by atoms with E-state index in [1.807, 2.05) is 12.1 Å². The number of hydrogen-bond donors (Lipinski definition) is 1. The zero-order chi connectivity index (χ0) is 8.97. The van der Waals surface area contributed by atoms with E-state index in [0.29, 0.717) is 0 Å². The summed E-state index contributed by atoms with van der Waals surface area (Å²) < 4.78 is 0.995. The molecule has 0 spiro atoms. The number of halogens is 2. The van der Waals surface area contributed by atoms with Gasteiger partial charge in [-0.3, -0.25) is 0 Å². The maximum atomic E-state index is 5.86. The summed E-state index contributed by atoms with van der Waals surface area (Å²) in [6.07, 6.45) is 2.16. The van der Waals surface area contributed by atoms with E-state index in [1.54, 1.807) is 0 Å². The monoisotopic (exact) mass is 291 g/mol. The molecule has 0 bridgehead atoms. The van der Waals surface area contributed by atoms with Crippen LogP contribution in [0.25, 0.3) is 0 Å². The third-order valence-electron chi connectivity index (χ3n) is 1.72. The molecule has 1 rings (SSSR count). The van der Waals surface area contributed by atoms with Crippen LogP contribution >= 0.6 is 31.9 Å². The number of alkyl halides is 1. The van der Waals surface area contributed by atoms with E-state index in [9.17, 15) is 0 Å². The van der Waals surface area contributed by atoms with E-state index in [-0.39, 0.29) is 0 Å². The van der Waals surface area contributed by atoms with Gasteiger partial charge in [0.25, 0.3) is 0 Å². The zero-order valence-electron chi connectivity index (χ0n) is 6.69. The first-order valence-electron chi connectivity index (χ1n) is 3.84. The molecule has 1 nitrogen and oxygen atoms in total. The quantitative estimate of drug-likeness (QED) is 0.671. The maximum Gasteiger partial charge on any atom is 0.0491 e. The Kier molecular flexibility index (Phi) is 4.09. The summed E-state index contributed by atoms with van der Waals surface area (Å²) in [7, 11) is 0. The molecule has 0 amide bonds. The second-order valence-electron chi connectivity index (χ2n) is 2.61. The first-order valence-corrected chi connectivity index (χ1v) is 5.76. The van der Waals surface area contributed by atoms with E-state index in [1.165, 1.54) is 5.56 Å². The molecule has 3 heteroatoms. The minimum absolute atomic E-state index is 0.874. The molecule has 0 heterocycles. The minimum atomic E-state index is 0.874. The van der Waals surface area contributed by atoms with Crippen molar-refractivity contribution in [3.63, 3.8) is 0 Å². The van der Waals surface area contributed by atoms with Crippen LogP contribution in [0, 0.1) is 0 Å². The highest BCUT2D eigenvalue weighted by Crippen LogP contribution is 2.23. The van der Waals surface area contributed by atoms with Gasteiger partial charge in [-0.1, -0.05) is 28.1 Å². The van der Waals surface area contributed by atoms with Crippen LogP contribution < -0.4 is 5.73 Å². The molecule has 1 aromatic rings. The van der Waals surface area contributed by atoms with Crippen LogP contribution in [0.15, 0.2) is 22.7 Å². The SMILES string of the molecule is Nc1c(Br)cccc1CCCBr. The van der Waals surface area contributed by atoms with Crippen LogP contribution in [0.1, 0.15) is 12.0 Å². The Morgan fingerprint density at radius 2 is 2.08 bits per heavy atom. The molecule has 1 aromatic carbocycles. The highest BCUT2D eigenvalue weighted by molar-refractivity contribution is 9.10. The standard InChI is InChI=1S/C9H11Br2N/c10-6-2-4-7-3-1-5-8(11)9(7)12/h1,3,5H,2,4,6,12H2. The van der Waals surface area contributed by atoms with Gasteiger partial charge in [-0.2, -0.15) is 0 Å². The average Bonchev–Trinajstić information content (AvgIpc) is 2.08. The molecule has 0 saturated carbocycles. The summed E-state index contributed by atoms with van der Waals surface area (Å²) >= 11 is 6.80. The van der Waals surface area contributed by atoms with Gasteiger partial charge >= 0.3 is 0 Å². The lowest BCUT2D eigenvalue weighted by Gasteiger charge is -2.05. The van der Waals surface area contributed by atoms with Crippen LogP contribution in [0.5, 0.6) is 0 Å². The molecule has 0 fully saturated rings. The van der Waals surface area contributed by atoms with Crippen molar-refractivity contribution in [3.8, 4) is 0 Å². The molecule has 0 aliphatic carbocycles. The summed E-state index contributed by atoms with van der Waals surface area (Å²) in [5.74, 6) is 0. The van der Waals surface area contributed by atoms with Gasteiger partial charge in [0.2, 0.25) is 0 Å².